The Balaban J connectivity index is 1.85. The molecule has 0 saturated heterocycles. The summed E-state index contributed by atoms with van der Waals surface area (Å²) in [6.45, 7) is 6.54. The molecule has 4 N–H and O–H groups in total. The number of carbonyl (C=O) groups is 1. The summed E-state index contributed by atoms with van der Waals surface area (Å²) in [7, 11) is 0. The summed E-state index contributed by atoms with van der Waals surface area (Å²) in [6.07, 6.45) is 3.11. The van der Waals surface area contributed by atoms with Gasteiger partial charge in [0.2, 0.25) is 0 Å². The van der Waals surface area contributed by atoms with E-state index in [4.69, 9.17) is 0 Å². The van der Waals surface area contributed by atoms with Gasteiger partial charge in [-0.3, -0.25) is 0 Å². The molecule has 0 bridgehead atoms. The minimum Gasteiger partial charge on any atom is -0.395 e. The number of benzene rings is 1. The summed E-state index contributed by atoms with van der Waals surface area (Å²) >= 11 is 0. The molecule has 1 aromatic carbocycles. The van der Waals surface area contributed by atoms with Gasteiger partial charge < -0.3 is 21.1 Å². The minimum atomic E-state index is -0.135. The van der Waals surface area contributed by atoms with Crippen LogP contribution in [0.3, 0.4) is 0 Å². The molecule has 1 saturated carbocycles. The number of anilines is 1. The van der Waals surface area contributed by atoms with E-state index < -0.39 is 0 Å². The Morgan fingerprint density at radius 3 is 2.39 bits per heavy atom. The van der Waals surface area contributed by atoms with E-state index in [0.717, 1.165) is 30.5 Å². The van der Waals surface area contributed by atoms with Crippen molar-refractivity contribution in [3.05, 3.63) is 29.8 Å². The van der Waals surface area contributed by atoms with Crippen molar-refractivity contribution in [1.29, 1.82) is 0 Å². The zero-order valence-electron chi connectivity index (χ0n) is 14.3. The maximum atomic E-state index is 11.7. The molecule has 0 aromatic heterocycles. The standard InChI is InChI=1S/C18H29N3O2/c1-12(2)10-17(11-22)19-13(3)14-4-6-15(7-5-14)20-18(23)21-16-8-9-16/h4-7,12-13,16-17,19,22H,8-11H2,1-3H3,(H2,20,21,23). The van der Waals surface area contributed by atoms with Crippen LogP contribution in [-0.2, 0) is 0 Å². The molecule has 0 spiro atoms. The Bertz CT molecular complexity index is 497. The Morgan fingerprint density at radius 1 is 1.22 bits per heavy atom. The molecule has 0 aliphatic heterocycles. The molecular formula is C18H29N3O2. The van der Waals surface area contributed by atoms with Crippen LogP contribution in [0.5, 0.6) is 0 Å². The quantitative estimate of drug-likeness (QED) is 0.595. The number of nitrogens with one attached hydrogen (secondary N) is 3. The highest BCUT2D eigenvalue weighted by Crippen LogP contribution is 2.20. The van der Waals surface area contributed by atoms with E-state index in [2.05, 4.69) is 36.7 Å². The van der Waals surface area contributed by atoms with E-state index in [9.17, 15) is 9.90 Å². The van der Waals surface area contributed by atoms with Crippen molar-refractivity contribution in [3.8, 4) is 0 Å². The molecule has 2 atom stereocenters. The summed E-state index contributed by atoms with van der Waals surface area (Å²) in [5.74, 6) is 0.545. The smallest absolute Gasteiger partial charge is 0.319 e. The number of aliphatic hydroxyl groups excluding tert-OH is 1. The monoisotopic (exact) mass is 319 g/mol. The second-order valence-corrected chi connectivity index (χ2v) is 6.89. The number of urea groups is 1. The lowest BCUT2D eigenvalue weighted by Gasteiger charge is -2.23. The van der Waals surface area contributed by atoms with Crippen molar-refractivity contribution in [2.45, 2.75) is 58.2 Å². The number of rotatable bonds is 8. The van der Waals surface area contributed by atoms with Crippen LogP contribution in [0.2, 0.25) is 0 Å². The lowest BCUT2D eigenvalue weighted by atomic mass is 10.0. The van der Waals surface area contributed by atoms with Crippen LogP contribution in [0.4, 0.5) is 10.5 Å². The molecule has 5 nitrogen and oxygen atoms in total. The Labute approximate surface area is 138 Å². The van der Waals surface area contributed by atoms with Gasteiger partial charge in [-0.2, -0.15) is 0 Å². The van der Waals surface area contributed by atoms with E-state index in [0.29, 0.717) is 12.0 Å². The van der Waals surface area contributed by atoms with Gasteiger partial charge in [-0.05, 0) is 49.8 Å². The van der Waals surface area contributed by atoms with Crippen LogP contribution in [-0.4, -0.2) is 29.8 Å². The Kier molecular flexibility index (Phi) is 6.42. The van der Waals surface area contributed by atoms with Crippen LogP contribution in [0.1, 0.15) is 51.6 Å². The van der Waals surface area contributed by atoms with Crippen LogP contribution in [0.25, 0.3) is 0 Å². The second-order valence-electron chi connectivity index (χ2n) is 6.89. The molecule has 1 aliphatic rings. The fourth-order valence-corrected chi connectivity index (χ4v) is 2.65. The topological polar surface area (TPSA) is 73.4 Å². The first-order valence-corrected chi connectivity index (χ1v) is 8.52. The van der Waals surface area contributed by atoms with Gasteiger partial charge in [0.25, 0.3) is 0 Å². The van der Waals surface area contributed by atoms with E-state index in [-0.39, 0.29) is 24.7 Å². The molecule has 128 valence electrons. The van der Waals surface area contributed by atoms with Crippen molar-refractivity contribution in [3.63, 3.8) is 0 Å². The number of hydrogen-bond acceptors (Lipinski definition) is 3. The third-order valence-corrected chi connectivity index (χ3v) is 4.04. The molecule has 5 heteroatoms. The van der Waals surface area contributed by atoms with E-state index in [1.807, 2.05) is 24.3 Å². The maximum Gasteiger partial charge on any atom is 0.319 e. The maximum absolute atomic E-state index is 11.7. The van der Waals surface area contributed by atoms with Gasteiger partial charge in [0, 0.05) is 23.8 Å². The fraction of sp³-hybridized carbons (Fsp3) is 0.611. The molecule has 0 radical (unpaired) electrons. The third kappa shape index (κ3) is 6.20. The lowest BCUT2D eigenvalue weighted by Crippen LogP contribution is -2.35. The first-order chi connectivity index (χ1) is 11.0. The summed E-state index contributed by atoms with van der Waals surface area (Å²) < 4.78 is 0. The summed E-state index contributed by atoms with van der Waals surface area (Å²) in [5, 5.41) is 18.7. The van der Waals surface area contributed by atoms with Gasteiger partial charge >= 0.3 is 6.03 Å². The molecule has 23 heavy (non-hydrogen) atoms. The van der Waals surface area contributed by atoms with E-state index in [1.165, 1.54) is 0 Å². The van der Waals surface area contributed by atoms with E-state index >= 15 is 0 Å². The minimum absolute atomic E-state index is 0.104. The SMILES string of the molecule is CC(C)CC(CO)NC(C)c1ccc(NC(=O)NC2CC2)cc1. The zero-order chi connectivity index (χ0) is 16.8. The molecule has 0 heterocycles. The highest BCUT2D eigenvalue weighted by Gasteiger charge is 2.23. The fourth-order valence-electron chi connectivity index (χ4n) is 2.65. The van der Waals surface area contributed by atoms with Crippen LogP contribution in [0.15, 0.2) is 24.3 Å². The molecule has 1 aliphatic carbocycles. The molecular weight excluding hydrogens is 290 g/mol. The van der Waals surface area contributed by atoms with E-state index in [1.54, 1.807) is 0 Å². The normalized spacial score (nSPS) is 16.9. The first kappa shape index (κ1) is 17.8. The van der Waals surface area contributed by atoms with Gasteiger partial charge in [0.15, 0.2) is 0 Å². The van der Waals surface area contributed by atoms with Gasteiger partial charge in [0.1, 0.15) is 0 Å². The van der Waals surface area contributed by atoms with Crippen molar-refractivity contribution in [1.82, 2.24) is 10.6 Å². The summed E-state index contributed by atoms with van der Waals surface area (Å²) in [5.41, 5.74) is 1.93. The molecule has 2 amide bonds. The third-order valence-electron chi connectivity index (χ3n) is 4.04. The zero-order valence-corrected chi connectivity index (χ0v) is 14.3. The van der Waals surface area contributed by atoms with Crippen LogP contribution >= 0.6 is 0 Å². The first-order valence-electron chi connectivity index (χ1n) is 8.52. The predicted octanol–water partition coefficient (Wildman–Crippen LogP) is 3.03. The summed E-state index contributed by atoms with van der Waals surface area (Å²) in [6, 6.07) is 8.32. The van der Waals surface area contributed by atoms with Crippen LogP contribution in [0, 0.1) is 5.92 Å². The van der Waals surface area contributed by atoms with Crippen molar-refractivity contribution < 1.29 is 9.90 Å². The van der Waals surface area contributed by atoms with Gasteiger partial charge in [-0.15, -0.1) is 0 Å². The van der Waals surface area contributed by atoms with Crippen LogP contribution < -0.4 is 16.0 Å². The van der Waals surface area contributed by atoms with Gasteiger partial charge in [-0.25, -0.2) is 4.79 Å². The number of carbonyl (C=O) groups excluding carboxylic acids is 1. The van der Waals surface area contributed by atoms with Crippen molar-refractivity contribution in [2.24, 2.45) is 5.92 Å². The molecule has 1 aromatic rings. The number of aliphatic hydroxyl groups is 1. The average molecular weight is 319 g/mol. The number of amides is 2. The molecule has 2 unspecified atom stereocenters. The lowest BCUT2D eigenvalue weighted by molar-refractivity contribution is 0.215. The highest BCUT2D eigenvalue weighted by molar-refractivity contribution is 5.89. The Morgan fingerprint density at radius 2 is 1.87 bits per heavy atom. The predicted molar refractivity (Wildman–Crippen MR) is 93.5 cm³/mol. The Hall–Kier alpha value is -1.59. The summed E-state index contributed by atoms with van der Waals surface area (Å²) in [4.78, 5) is 11.7. The van der Waals surface area contributed by atoms with Crippen molar-refractivity contribution in [2.75, 3.05) is 11.9 Å². The van der Waals surface area contributed by atoms with Gasteiger partial charge in [0.05, 0.1) is 6.61 Å². The second kappa shape index (κ2) is 8.31. The highest BCUT2D eigenvalue weighted by atomic mass is 16.3. The molecule has 2 rings (SSSR count). The number of hydrogen-bond donors (Lipinski definition) is 4. The van der Waals surface area contributed by atoms with Gasteiger partial charge in [-0.1, -0.05) is 26.0 Å². The largest absolute Gasteiger partial charge is 0.395 e. The van der Waals surface area contributed by atoms with Crippen molar-refractivity contribution >= 4 is 11.7 Å². The average Bonchev–Trinajstić information content (AvgIpc) is 3.30. The molecule has 1 fully saturated rings.